The summed E-state index contributed by atoms with van der Waals surface area (Å²) in [4.78, 5) is 0. The third-order valence-corrected chi connectivity index (χ3v) is 6.07. The Hall–Kier alpha value is -0.540. The molecule has 2 aliphatic carbocycles. The number of ether oxygens (including phenoxy) is 1. The monoisotopic (exact) mass is 337 g/mol. The molecule has 0 radical (unpaired) electrons. The molecule has 0 aromatic heterocycles. The van der Waals surface area contributed by atoms with Gasteiger partial charge >= 0.3 is 0 Å². The quantitative estimate of drug-likeness (QED) is 0.876. The topological polar surface area (TPSA) is 21.3 Å². The Bertz CT molecular complexity index is 482. The Morgan fingerprint density at radius 3 is 2.75 bits per heavy atom. The molecule has 0 saturated heterocycles. The Morgan fingerprint density at radius 1 is 1.35 bits per heavy atom. The van der Waals surface area contributed by atoms with Gasteiger partial charge in [0.05, 0.1) is 0 Å². The van der Waals surface area contributed by atoms with E-state index in [1.165, 1.54) is 31.2 Å². The zero-order valence-electron chi connectivity index (χ0n) is 12.4. The van der Waals surface area contributed by atoms with Gasteiger partial charge in [-0.3, -0.25) is 0 Å². The highest BCUT2D eigenvalue weighted by Crippen LogP contribution is 2.54. The fourth-order valence-electron chi connectivity index (χ4n) is 4.00. The van der Waals surface area contributed by atoms with Crippen LogP contribution in [0.3, 0.4) is 0 Å². The first-order chi connectivity index (χ1) is 9.65. The fraction of sp³-hybridized carbons (Fsp3) is 0.647. The second kappa shape index (κ2) is 5.69. The minimum absolute atomic E-state index is 0.398. The van der Waals surface area contributed by atoms with Gasteiger partial charge in [-0.25, -0.2) is 0 Å². The van der Waals surface area contributed by atoms with E-state index in [-0.39, 0.29) is 0 Å². The maximum absolute atomic E-state index is 6.34. The molecule has 0 bridgehead atoms. The molecular formula is C17H24BrNO. The smallest absolute Gasteiger partial charge is 0.120 e. The predicted molar refractivity (Wildman–Crippen MR) is 86.3 cm³/mol. The molecule has 3 rings (SSSR count). The summed E-state index contributed by atoms with van der Waals surface area (Å²) in [5.41, 5.74) is 1.64. The molecule has 1 N–H and O–H groups in total. The predicted octanol–water partition coefficient (Wildman–Crippen LogP) is 4.45. The molecule has 2 unspecified atom stereocenters. The lowest BCUT2D eigenvalue weighted by Crippen LogP contribution is -2.63. The van der Waals surface area contributed by atoms with Gasteiger partial charge in [0.25, 0.3) is 0 Å². The number of halogens is 1. The van der Waals surface area contributed by atoms with Crippen LogP contribution in [0.15, 0.2) is 22.7 Å². The largest absolute Gasteiger partial charge is 0.490 e. The van der Waals surface area contributed by atoms with E-state index >= 15 is 0 Å². The number of hydrogen-bond donors (Lipinski definition) is 1. The zero-order chi connectivity index (χ0) is 14.2. The molecule has 2 fully saturated rings. The molecule has 110 valence electrons. The van der Waals surface area contributed by atoms with Gasteiger partial charge in [0.15, 0.2) is 0 Å². The third kappa shape index (κ3) is 2.39. The highest BCUT2D eigenvalue weighted by Gasteiger charge is 2.57. The van der Waals surface area contributed by atoms with Gasteiger partial charge in [0.2, 0.25) is 0 Å². The number of hydrogen-bond acceptors (Lipinski definition) is 2. The van der Waals surface area contributed by atoms with Crippen molar-refractivity contribution in [2.24, 2.45) is 5.41 Å². The molecule has 1 aromatic rings. The van der Waals surface area contributed by atoms with Crippen LogP contribution < -0.4 is 10.1 Å². The van der Waals surface area contributed by atoms with E-state index in [1.54, 1.807) is 0 Å². The van der Waals surface area contributed by atoms with Crippen molar-refractivity contribution in [2.45, 2.75) is 58.1 Å². The van der Waals surface area contributed by atoms with Crippen molar-refractivity contribution in [3.05, 3.63) is 28.2 Å². The zero-order valence-corrected chi connectivity index (χ0v) is 14.0. The maximum Gasteiger partial charge on any atom is 0.120 e. The van der Waals surface area contributed by atoms with Crippen LogP contribution >= 0.6 is 15.9 Å². The van der Waals surface area contributed by atoms with Crippen LogP contribution in [0.4, 0.5) is 0 Å². The van der Waals surface area contributed by atoms with Gasteiger partial charge in [-0.15, -0.1) is 0 Å². The summed E-state index contributed by atoms with van der Waals surface area (Å²) in [6.45, 7) is 5.38. The summed E-state index contributed by atoms with van der Waals surface area (Å²) in [5.74, 6) is 1.02. The van der Waals surface area contributed by atoms with Gasteiger partial charge in [-0.1, -0.05) is 35.7 Å². The average molecular weight is 338 g/mol. The van der Waals surface area contributed by atoms with Crippen LogP contribution in [-0.2, 0) is 0 Å². The molecule has 2 nitrogen and oxygen atoms in total. The van der Waals surface area contributed by atoms with Crippen LogP contribution in [0.5, 0.6) is 5.75 Å². The van der Waals surface area contributed by atoms with E-state index in [4.69, 9.17) is 4.74 Å². The van der Waals surface area contributed by atoms with Gasteiger partial charge in [-0.2, -0.15) is 0 Å². The molecule has 2 atom stereocenters. The molecule has 1 spiro atoms. The van der Waals surface area contributed by atoms with E-state index in [1.807, 2.05) is 0 Å². The summed E-state index contributed by atoms with van der Waals surface area (Å²) in [6, 6.07) is 6.98. The molecule has 2 saturated carbocycles. The molecule has 3 heteroatoms. The molecule has 1 aromatic carbocycles. The van der Waals surface area contributed by atoms with Crippen LogP contribution in [0.25, 0.3) is 0 Å². The summed E-state index contributed by atoms with van der Waals surface area (Å²) >= 11 is 3.55. The summed E-state index contributed by atoms with van der Waals surface area (Å²) < 4.78 is 7.49. The third-order valence-electron chi connectivity index (χ3n) is 5.18. The van der Waals surface area contributed by atoms with E-state index in [2.05, 4.69) is 53.3 Å². The van der Waals surface area contributed by atoms with Crippen LogP contribution in [0.2, 0.25) is 0 Å². The number of rotatable bonds is 4. The SMILES string of the molecule is CCNC1CC(Oc2ccc(Br)c(C)c2)C12CCCC2. The molecule has 0 amide bonds. The van der Waals surface area contributed by atoms with E-state index in [0.29, 0.717) is 17.6 Å². The first-order valence-electron chi connectivity index (χ1n) is 7.82. The standard InChI is InChI=1S/C17H24BrNO/c1-3-19-15-11-16(17(15)8-4-5-9-17)20-13-6-7-14(18)12(2)10-13/h6-7,10,15-16,19H,3-5,8-9,11H2,1-2H3. The van der Waals surface area contributed by atoms with E-state index < -0.39 is 0 Å². The number of benzene rings is 1. The van der Waals surface area contributed by atoms with Crippen LogP contribution in [-0.4, -0.2) is 18.7 Å². The fourth-order valence-corrected chi connectivity index (χ4v) is 4.25. The Balaban J connectivity index is 1.72. The van der Waals surface area contributed by atoms with E-state index in [9.17, 15) is 0 Å². The second-order valence-corrected chi connectivity index (χ2v) is 7.16. The Labute approximate surface area is 130 Å². The second-order valence-electron chi connectivity index (χ2n) is 6.30. The van der Waals surface area contributed by atoms with Gasteiger partial charge in [-0.05, 0) is 50.1 Å². The Morgan fingerprint density at radius 2 is 2.10 bits per heavy atom. The highest BCUT2D eigenvalue weighted by molar-refractivity contribution is 9.10. The van der Waals surface area contributed by atoms with Crippen LogP contribution in [0.1, 0.15) is 44.6 Å². The van der Waals surface area contributed by atoms with Crippen molar-refractivity contribution >= 4 is 15.9 Å². The minimum atomic E-state index is 0.398. The molecule has 2 aliphatic rings. The van der Waals surface area contributed by atoms with Crippen molar-refractivity contribution in [3.8, 4) is 5.75 Å². The van der Waals surface area contributed by atoms with Crippen LogP contribution in [0, 0.1) is 12.3 Å². The molecule has 0 heterocycles. The van der Waals surface area contributed by atoms with Crippen molar-refractivity contribution in [2.75, 3.05) is 6.54 Å². The average Bonchev–Trinajstić information content (AvgIpc) is 2.94. The van der Waals surface area contributed by atoms with Gasteiger partial charge < -0.3 is 10.1 Å². The van der Waals surface area contributed by atoms with Crippen molar-refractivity contribution in [1.82, 2.24) is 5.32 Å². The highest BCUT2D eigenvalue weighted by atomic mass is 79.9. The van der Waals surface area contributed by atoms with Gasteiger partial charge in [0, 0.05) is 22.4 Å². The minimum Gasteiger partial charge on any atom is -0.490 e. The summed E-state index contributed by atoms with van der Waals surface area (Å²) in [5, 5.41) is 3.66. The maximum atomic E-state index is 6.34. The number of nitrogens with one attached hydrogen (secondary N) is 1. The van der Waals surface area contributed by atoms with Crippen molar-refractivity contribution in [1.29, 1.82) is 0 Å². The van der Waals surface area contributed by atoms with Gasteiger partial charge in [0.1, 0.15) is 11.9 Å². The number of aryl methyl sites for hydroxylation is 1. The van der Waals surface area contributed by atoms with E-state index in [0.717, 1.165) is 23.2 Å². The van der Waals surface area contributed by atoms with Crippen molar-refractivity contribution < 1.29 is 4.74 Å². The first-order valence-corrected chi connectivity index (χ1v) is 8.61. The lowest BCUT2D eigenvalue weighted by Gasteiger charge is -2.54. The van der Waals surface area contributed by atoms with Crippen molar-refractivity contribution in [3.63, 3.8) is 0 Å². The summed E-state index contributed by atoms with van der Waals surface area (Å²) in [7, 11) is 0. The molecular weight excluding hydrogens is 314 g/mol. The lowest BCUT2D eigenvalue weighted by molar-refractivity contribution is -0.0755. The first kappa shape index (κ1) is 14.4. The molecule has 20 heavy (non-hydrogen) atoms. The normalized spacial score (nSPS) is 27.6. The lowest BCUT2D eigenvalue weighted by atomic mass is 9.60. The summed E-state index contributed by atoms with van der Waals surface area (Å²) in [6.07, 6.45) is 6.93. The Kier molecular flexibility index (Phi) is 4.09. The molecule has 0 aliphatic heterocycles.